The Morgan fingerprint density at radius 1 is 1.15 bits per heavy atom. The third-order valence-corrected chi connectivity index (χ3v) is 3.28. The number of carbonyl (C=O) groups is 1. The topological polar surface area (TPSA) is 20.3 Å². The smallest absolute Gasteiger partial charge is 0.164 e. The summed E-state index contributed by atoms with van der Waals surface area (Å²) < 4.78 is 12.8. The second-order valence-corrected chi connectivity index (χ2v) is 4.94. The number of nitrogens with zero attached hydrogens (tertiary/aromatic N) is 1. The number of benzene rings is 2. The molecular formula is C17H18FNO. The minimum absolute atomic E-state index is 0.0319. The van der Waals surface area contributed by atoms with Crippen molar-refractivity contribution in [1.29, 1.82) is 0 Å². The number of carbonyl (C=O) groups excluding carboxylic acids is 1. The third-order valence-electron chi connectivity index (χ3n) is 3.28. The van der Waals surface area contributed by atoms with Crippen molar-refractivity contribution in [1.82, 2.24) is 0 Å². The van der Waals surface area contributed by atoms with Crippen molar-refractivity contribution in [3.8, 4) is 0 Å². The fourth-order valence-electron chi connectivity index (χ4n) is 2.04. The Labute approximate surface area is 118 Å². The van der Waals surface area contributed by atoms with Crippen LogP contribution < -0.4 is 4.90 Å². The van der Waals surface area contributed by atoms with Crippen molar-refractivity contribution in [3.63, 3.8) is 0 Å². The molecule has 0 atom stereocenters. The van der Waals surface area contributed by atoms with Crippen LogP contribution in [0.25, 0.3) is 0 Å². The van der Waals surface area contributed by atoms with Crippen LogP contribution in [-0.4, -0.2) is 19.4 Å². The van der Waals surface area contributed by atoms with E-state index in [4.69, 9.17) is 0 Å². The first-order valence-electron chi connectivity index (χ1n) is 6.63. The number of halogens is 1. The largest absolute Gasteiger partial charge is 0.374 e. The first-order valence-corrected chi connectivity index (χ1v) is 6.63. The van der Waals surface area contributed by atoms with Crippen LogP contribution in [0, 0.1) is 12.7 Å². The first-order chi connectivity index (χ1) is 9.56. The van der Waals surface area contributed by atoms with Gasteiger partial charge in [0.25, 0.3) is 0 Å². The lowest BCUT2D eigenvalue weighted by atomic mass is 10.1. The van der Waals surface area contributed by atoms with Crippen molar-refractivity contribution >= 4 is 11.5 Å². The van der Waals surface area contributed by atoms with E-state index < -0.39 is 0 Å². The molecule has 0 saturated carbocycles. The van der Waals surface area contributed by atoms with E-state index in [1.165, 1.54) is 29.8 Å². The lowest BCUT2D eigenvalue weighted by molar-refractivity contribution is 0.0985. The number of hydrogen-bond donors (Lipinski definition) is 0. The van der Waals surface area contributed by atoms with E-state index in [0.717, 1.165) is 5.69 Å². The van der Waals surface area contributed by atoms with Crippen molar-refractivity contribution in [3.05, 3.63) is 65.5 Å². The molecule has 104 valence electrons. The quantitative estimate of drug-likeness (QED) is 0.770. The van der Waals surface area contributed by atoms with Gasteiger partial charge in [0, 0.05) is 31.3 Å². The number of ketones is 1. The Hall–Kier alpha value is -2.16. The summed E-state index contributed by atoms with van der Waals surface area (Å²) in [5.74, 6) is -0.289. The highest BCUT2D eigenvalue weighted by Crippen LogP contribution is 2.15. The highest BCUT2D eigenvalue weighted by Gasteiger charge is 2.08. The van der Waals surface area contributed by atoms with E-state index in [9.17, 15) is 9.18 Å². The summed E-state index contributed by atoms with van der Waals surface area (Å²) in [7, 11) is 1.96. The highest BCUT2D eigenvalue weighted by atomic mass is 19.1. The molecule has 3 heteroatoms. The van der Waals surface area contributed by atoms with Crippen LogP contribution in [0.15, 0.2) is 48.5 Å². The molecular weight excluding hydrogens is 253 g/mol. The van der Waals surface area contributed by atoms with Crippen molar-refractivity contribution in [2.45, 2.75) is 13.3 Å². The predicted molar refractivity (Wildman–Crippen MR) is 79.8 cm³/mol. The van der Waals surface area contributed by atoms with Gasteiger partial charge in [-0.1, -0.05) is 12.1 Å². The molecule has 0 aliphatic rings. The Balaban J connectivity index is 1.94. The summed E-state index contributed by atoms with van der Waals surface area (Å²) in [5.41, 5.74) is 2.85. The van der Waals surface area contributed by atoms with Gasteiger partial charge in [0.2, 0.25) is 0 Å². The summed E-state index contributed by atoms with van der Waals surface area (Å²) in [5, 5.41) is 0. The standard InChI is InChI=1S/C17H18FNO/c1-13-4-3-5-16(12-13)19(2)11-10-17(20)14-6-8-15(18)9-7-14/h3-9,12H,10-11H2,1-2H3. The zero-order valence-corrected chi connectivity index (χ0v) is 11.8. The van der Waals surface area contributed by atoms with Gasteiger partial charge in [-0.25, -0.2) is 4.39 Å². The second-order valence-electron chi connectivity index (χ2n) is 4.94. The molecule has 0 heterocycles. The van der Waals surface area contributed by atoms with Gasteiger partial charge >= 0.3 is 0 Å². The molecule has 0 aromatic heterocycles. The SMILES string of the molecule is Cc1cccc(N(C)CCC(=O)c2ccc(F)cc2)c1. The Morgan fingerprint density at radius 3 is 2.50 bits per heavy atom. The van der Waals surface area contributed by atoms with Gasteiger partial charge in [-0.3, -0.25) is 4.79 Å². The molecule has 2 aromatic carbocycles. The third kappa shape index (κ3) is 3.67. The van der Waals surface area contributed by atoms with Crippen LogP contribution in [0.4, 0.5) is 10.1 Å². The van der Waals surface area contributed by atoms with E-state index in [0.29, 0.717) is 18.5 Å². The lowest BCUT2D eigenvalue weighted by Gasteiger charge is -2.19. The normalized spacial score (nSPS) is 10.3. The van der Waals surface area contributed by atoms with Gasteiger partial charge < -0.3 is 4.90 Å². The summed E-state index contributed by atoms with van der Waals surface area (Å²) in [6.45, 7) is 2.68. The minimum atomic E-state index is -0.321. The molecule has 2 aromatic rings. The van der Waals surface area contributed by atoms with Crippen LogP contribution in [0.3, 0.4) is 0 Å². The summed E-state index contributed by atoms with van der Waals surface area (Å²) in [6, 6.07) is 13.9. The zero-order valence-electron chi connectivity index (χ0n) is 11.8. The molecule has 0 aliphatic heterocycles. The molecule has 2 rings (SSSR count). The maximum Gasteiger partial charge on any atom is 0.164 e. The van der Waals surface area contributed by atoms with Gasteiger partial charge in [0.15, 0.2) is 5.78 Å². The van der Waals surface area contributed by atoms with Gasteiger partial charge in [-0.05, 0) is 48.9 Å². The van der Waals surface area contributed by atoms with Crippen LogP contribution in [-0.2, 0) is 0 Å². The van der Waals surface area contributed by atoms with E-state index in [1.54, 1.807) is 0 Å². The van der Waals surface area contributed by atoms with E-state index in [1.807, 2.05) is 32.2 Å². The Morgan fingerprint density at radius 2 is 1.85 bits per heavy atom. The molecule has 20 heavy (non-hydrogen) atoms. The minimum Gasteiger partial charge on any atom is -0.374 e. The van der Waals surface area contributed by atoms with Crippen LogP contribution in [0.1, 0.15) is 22.3 Å². The average molecular weight is 271 g/mol. The molecule has 0 saturated heterocycles. The highest BCUT2D eigenvalue weighted by molar-refractivity contribution is 5.96. The van der Waals surface area contributed by atoms with E-state index in [2.05, 4.69) is 11.0 Å². The van der Waals surface area contributed by atoms with Gasteiger partial charge in [0.05, 0.1) is 0 Å². The molecule has 0 N–H and O–H groups in total. The van der Waals surface area contributed by atoms with E-state index >= 15 is 0 Å². The summed E-state index contributed by atoms with van der Waals surface area (Å²) in [4.78, 5) is 14.1. The average Bonchev–Trinajstić information content (AvgIpc) is 2.45. The predicted octanol–water partition coefficient (Wildman–Crippen LogP) is 3.84. The van der Waals surface area contributed by atoms with Crippen LogP contribution in [0.5, 0.6) is 0 Å². The van der Waals surface area contributed by atoms with Gasteiger partial charge in [-0.2, -0.15) is 0 Å². The number of aryl methyl sites for hydroxylation is 1. The number of Topliss-reactive ketones (excluding diaryl/α,β-unsaturated/α-hetero) is 1. The Bertz CT molecular complexity index is 592. The van der Waals surface area contributed by atoms with Crippen LogP contribution >= 0.6 is 0 Å². The van der Waals surface area contributed by atoms with E-state index in [-0.39, 0.29) is 11.6 Å². The molecule has 0 radical (unpaired) electrons. The summed E-state index contributed by atoms with van der Waals surface area (Å²) >= 11 is 0. The molecule has 0 unspecified atom stereocenters. The summed E-state index contributed by atoms with van der Waals surface area (Å²) in [6.07, 6.45) is 0.413. The number of rotatable bonds is 5. The fraction of sp³-hybridized carbons (Fsp3) is 0.235. The molecule has 0 spiro atoms. The maximum atomic E-state index is 12.8. The van der Waals surface area contributed by atoms with Crippen molar-refractivity contribution in [2.24, 2.45) is 0 Å². The number of anilines is 1. The Kier molecular flexibility index (Phi) is 4.51. The molecule has 0 fully saturated rings. The van der Waals surface area contributed by atoms with Crippen LogP contribution in [0.2, 0.25) is 0 Å². The zero-order chi connectivity index (χ0) is 14.5. The molecule has 0 aliphatic carbocycles. The molecule has 0 bridgehead atoms. The maximum absolute atomic E-state index is 12.8. The molecule has 0 amide bonds. The van der Waals surface area contributed by atoms with Gasteiger partial charge in [-0.15, -0.1) is 0 Å². The van der Waals surface area contributed by atoms with Crippen molar-refractivity contribution in [2.75, 3.05) is 18.5 Å². The number of hydrogen-bond acceptors (Lipinski definition) is 2. The van der Waals surface area contributed by atoms with Gasteiger partial charge in [0.1, 0.15) is 5.82 Å². The fourth-order valence-corrected chi connectivity index (χ4v) is 2.04. The monoisotopic (exact) mass is 271 g/mol. The molecule has 2 nitrogen and oxygen atoms in total. The first kappa shape index (κ1) is 14.3. The second kappa shape index (κ2) is 6.33. The lowest BCUT2D eigenvalue weighted by Crippen LogP contribution is -2.21. The van der Waals surface area contributed by atoms with Crippen molar-refractivity contribution < 1.29 is 9.18 Å².